The summed E-state index contributed by atoms with van der Waals surface area (Å²) in [6, 6.07) is 16.4. The number of benzene rings is 2. The average molecular weight is 427 g/mol. The molecule has 0 aliphatic carbocycles. The standard InChI is InChI=1S/C20H18N4O3S2/c1-13-11-19-21-22-20(24(19)17-6-4-3-5-16(13)17)28-12-18(25)14-7-9-15(10-8-14)23-29(2,26)27/h3-11,23H,12H2,1-2H3. The summed E-state index contributed by atoms with van der Waals surface area (Å²) in [6.07, 6.45) is 1.08. The molecule has 2 heterocycles. The molecule has 4 aromatic rings. The molecule has 0 fully saturated rings. The molecule has 0 bridgehead atoms. The van der Waals surface area contributed by atoms with Gasteiger partial charge in [0.05, 0.1) is 17.5 Å². The van der Waals surface area contributed by atoms with Gasteiger partial charge in [-0.05, 0) is 48.9 Å². The van der Waals surface area contributed by atoms with Crippen molar-refractivity contribution in [2.24, 2.45) is 0 Å². The van der Waals surface area contributed by atoms with Gasteiger partial charge in [0.1, 0.15) is 0 Å². The zero-order valence-corrected chi connectivity index (χ0v) is 17.4. The van der Waals surface area contributed by atoms with Crippen molar-refractivity contribution in [3.63, 3.8) is 0 Å². The number of pyridine rings is 1. The van der Waals surface area contributed by atoms with Gasteiger partial charge in [-0.15, -0.1) is 10.2 Å². The van der Waals surface area contributed by atoms with Crippen molar-refractivity contribution >= 4 is 49.8 Å². The second kappa shape index (κ2) is 7.49. The van der Waals surface area contributed by atoms with Crippen LogP contribution in [0.25, 0.3) is 16.6 Å². The average Bonchev–Trinajstić information content (AvgIpc) is 3.08. The number of Topliss-reactive ketones (excluding diaryl/α,β-unsaturated/α-hetero) is 1. The van der Waals surface area contributed by atoms with Crippen LogP contribution in [0.5, 0.6) is 0 Å². The predicted octanol–water partition coefficient (Wildman–Crippen LogP) is 3.54. The van der Waals surface area contributed by atoms with Gasteiger partial charge in [0, 0.05) is 16.6 Å². The number of nitrogens with zero attached hydrogens (tertiary/aromatic N) is 3. The maximum absolute atomic E-state index is 12.6. The largest absolute Gasteiger partial charge is 0.293 e. The Labute approximate surface area is 172 Å². The van der Waals surface area contributed by atoms with Crippen LogP contribution in [0.15, 0.2) is 59.8 Å². The number of thioether (sulfide) groups is 1. The molecule has 4 rings (SSSR count). The van der Waals surface area contributed by atoms with Crippen molar-refractivity contribution in [3.05, 3.63) is 65.7 Å². The Morgan fingerprint density at radius 2 is 1.83 bits per heavy atom. The fourth-order valence-electron chi connectivity index (χ4n) is 3.12. The van der Waals surface area contributed by atoms with Gasteiger partial charge in [-0.3, -0.25) is 13.9 Å². The molecule has 0 unspecified atom stereocenters. The zero-order chi connectivity index (χ0) is 20.6. The van der Waals surface area contributed by atoms with Crippen LogP contribution >= 0.6 is 11.8 Å². The Kier molecular flexibility index (Phi) is 5.01. The molecule has 0 radical (unpaired) electrons. The Bertz CT molecular complexity index is 1330. The molecule has 29 heavy (non-hydrogen) atoms. The maximum Gasteiger partial charge on any atom is 0.229 e. The van der Waals surface area contributed by atoms with E-state index in [0.717, 1.165) is 28.4 Å². The van der Waals surface area contributed by atoms with Gasteiger partial charge in [0.15, 0.2) is 16.6 Å². The first kappa shape index (κ1) is 19.4. The second-order valence-corrected chi connectivity index (χ2v) is 9.38. The van der Waals surface area contributed by atoms with Gasteiger partial charge >= 0.3 is 0 Å². The molecule has 1 N–H and O–H groups in total. The number of hydrogen-bond acceptors (Lipinski definition) is 6. The van der Waals surface area contributed by atoms with Gasteiger partial charge in [0.25, 0.3) is 0 Å². The number of ketones is 1. The number of hydrogen-bond donors (Lipinski definition) is 1. The molecular weight excluding hydrogens is 408 g/mol. The molecule has 7 nitrogen and oxygen atoms in total. The number of sulfonamides is 1. The Hall–Kier alpha value is -2.91. The molecule has 2 aromatic heterocycles. The number of carbonyl (C=O) groups excluding carboxylic acids is 1. The van der Waals surface area contributed by atoms with Crippen LogP contribution in [0.3, 0.4) is 0 Å². The molecular formula is C20H18N4O3S2. The summed E-state index contributed by atoms with van der Waals surface area (Å²) in [5, 5.41) is 10.3. The summed E-state index contributed by atoms with van der Waals surface area (Å²) in [5.74, 6) is 0.121. The minimum atomic E-state index is -3.35. The first-order valence-corrected chi connectivity index (χ1v) is 11.7. The topological polar surface area (TPSA) is 93.4 Å². The minimum absolute atomic E-state index is 0.0749. The van der Waals surface area contributed by atoms with Crippen molar-refractivity contribution in [3.8, 4) is 0 Å². The smallest absolute Gasteiger partial charge is 0.229 e. The van der Waals surface area contributed by atoms with Crippen LogP contribution in [0.2, 0.25) is 0 Å². The van der Waals surface area contributed by atoms with E-state index in [4.69, 9.17) is 0 Å². The minimum Gasteiger partial charge on any atom is -0.293 e. The number of fused-ring (bicyclic) bond motifs is 3. The van der Waals surface area contributed by atoms with Crippen LogP contribution in [0, 0.1) is 6.92 Å². The van der Waals surface area contributed by atoms with Crippen LogP contribution in [0.1, 0.15) is 15.9 Å². The van der Waals surface area contributed by atoms with E-state index in [0.29, 0.717) is 16.4 Å². The Morgan fingerprint density at radius 3 is 2.55 bits per heavy atom. The summed E-state index contributed by atoms with van der Waals surface area (Å²) >= 11 is 1.32. The van der Waals surface area contributed by atoms with E-state index >= 15 is 0 Å². The quantitative estimate of drug-likeness (QED) is 0.374. The molecule has 0 aliphatic heterocycles. The van der Waals surface area contributed by atoms with Crippen molar-refractivity contribution < 1.29 is 13.2 Å². The third-order valence-electron chi connectivity index (χ3n) is 4.42. The van der Waals surface area contributed by atoms with Gasteiger partial charge < -0.3 is 0 Å². The Morgan fingerprint density at radius 1 is 1.10 bits per heavy atom. The van der Waals surface area contributed by atoms with Crippen molar-refractivity contribution in [2.45, 2.75) is 12.1 Å². The van der Waals surface area contributed by atoms with Gasteiger partial charge in [0.2, 0.25) is 10.0 Å². The molecule has 0 saturated heterocycles. The van der Waals surface area contributed by atoms with Gasteiger partial charge in [-0.25, -0.2) is 8.42 Å². The van der Waals surface area contributed by atoms with E-state index in [2.05, 4.69) is 21.0 Å². The van der Waals surface area contributed by atoms with Crippen LogP contribution in [-0.4, -0.2) is 40.8 Å². The molecule has 0 atom stereocenters. The van der Waals surface area contributed by atoms with E-state index in [-0.39, 0.29) is 11.5 Å². The lowest BCUT2D eigenvalue weighted by molar-refractivity contribution is 0.102. The van der Waals surface area contributed by atoms with E-state index in [1.54, 1.807) is 24.3 Å². The van der Waals surface area contributed by atoms with Gasteiger partial charge in [-0.2, -0.15) is 0 Å². The molecule has 0 aliphatic rings. The normalized spacial score (nSPS) is 11.8. The van der Waals surface area contributed by atoms with Crippen molar-refractivity contribution in [1.82, 2.24) is 14.6 Å². The number of aromatic nitrogens is 3. The summed E-state index contributed by atoms with van der Waals surface area (Å²) < 4.78 is 26.9. The first-order valence-electron chi connectivity index (χ1n) is 8.79. The SMILES string of the molecule is Cc1cc2nnc(SCC(=O)c3ccc(NS(C)(=O)=O)cc3)n2c2ccccc12. The number of carbonyl (C=O) groups is 1. The molecule has 0 saturated carbocycles. The van der Waals surface area contributed by atoms with Crippen LogP contribution in [0.4, 0.5) is 5.69 Å². The monoisotopic (exact) mass is 426 g/mol. The molecule has 148 valence electrons. The summed E-state index contributed by atoms with van der Waals surface area (Å²) in [4.78, 5) is 12.6. The number of para-hydroxylation sites is 1. The van der Waals surface area contributed by atoms with Crippen LogP contribution in [-0.2, 0) is 10.0 Å². The number of aryl methyl sites for hydroxylation is 1. The van der Waals surface area contributed by atoms with Crippen molar-refractivity contribution in [2.75, 3.05) is 16.7 Å². The number of rotatable bonds is 6. The summed E-state index contributed by atoms with van der Waals surface area (Å²) in [7, 11) is -3.35. The highest BCUT2D eigenvalue weighted by molar-refractivity contribution is 7.99. The first-order chi connectivity index (χ1) is 13.8. The molecule has 0 amide bonds. The summed E-state index contributed by atoms with van der Waals surface area (Å²) in [5.41, 5.74) is 3.79. The molecule has 2 aromatic carbocycles. The third-order valence-corrected chi connectivity index (χ3v) is 5.95. The number of anilines is 1. The second-order valence-electron chi connectivity index (χ2n) is 6.68. The third kappa shape index (κ3) is 4.10. The van der Waals surface area contributed by atoms with Gasteiger partial charge in [-0.1, -0.05) is 30.0 Å². The fourth-order valence-corrected chi connectivity index (χ4v) is 4.53. The lowest BCUT2D eigenvalue weighted by atomic mass is 10.1. The Balaban J connectivity index is 1.55. The summed E-state index contributed by atoms with van der Waals surface area (Å²) in [6.45, 7) is 2.04. The highest BCUT2D eigenvalue weighted by Gasteiger charge is 2.14. The highest BCUT2D eigenvalue weighted by Crippen LogP contribution is 2.26. The van der Waals surface area contributed by atoms with E-state index < -0.39 is 10.0 Å². The fraction of sp³-hybridized carbons (Fsp3) is 0.150. The lowest BCUT2D eigenvalue weighted by Gasteiger charge is -2.07. The van der Waals surface area contributed by atoms with E-state index in [1.807, 2.05) is 35.6 Å². The van der Waals surface area contributed by atoms with Crippen molar-refractivity contribution in [1.29, 1.82) is 0 Å². The lowest BCUT2D eigenvalue weighted by Crippen LogP contribution is -2.10. The van der Waals surface area contributed by atoms with E-state index in [9.17, 15) is 13.2 Å². The highest BCUT2D eigenvalue weighted by atomic mass is 32.2. The number of nitrogens with one attached hydrogen (secondary N) is 1. The predicted molar refractivity (Wildman–Crippen MR) is 115 cm³/mol. The molecule has 0 spiro atoms. The zero-order valence-electron chi connectivity index (χ0n) is 15.8. The molecule has 9 heteroatoms. The van der Waals surface area contributed by atoms with Crippen LogP contribution < -0.4 is 4.72 Å². The van der Waals surface area contributed by atoms with E-state index in [1.165, 1.54) is 11.8 Å². The maximum atomic E-state index is 12.6.